The first-order chi connectivity index (χ1) is 5.33. The van der Waals surface area contributed by atoms with Crippen LogP contribution in [0, 0.1) is 0 Å². The van der Waals surface area contributed by atoms with E-state index in [2.05, 4.69) is 9.97 Å². The summed E-state index contributed by atoms with van der Waals surface area (Å²) in [4.78, 5) is 7.92. The van der Waals surface area contributed by atoms with Crippen molar-refractivity contribution in [3.05, 3.63) is 23.2 Å². The van der Waals surface area contributed by atoms with Crippen LogP contribution in [0.25, 0.3) is 0 Å². The van der Waals surface area contributed by atoms with Gasteiger partial charge in [0.15, 0.2) is 0 Å². The Morgan fingerprint density at radius 3 is 3.00 bits per heavy atom. The molecule has 0 unspecified atom stereocenters. The number of hydrogen-bond donors (Lipinski definition) is 0. The van der Waals surface area contributed by atoms with E-state index in [0.717, 1.165) is 12.1 Å². The Bertz CT molecular complexity index is 229. The number of aromatic nitrogens is 2. The Labute approximate surface area is 70.4 Å². The molecular formula is C7H9ClN2O. The third kappa shape index (κ3) is 2.82. The van der Waals surface area contributed by atoms with Gasteiger partial charge in [-0.25, -0.2) is 4.98 Å². The number of hydrogen-bond acceptors (Lipinski definition) is 3. The third-order valence-electron chi connectivity index (χ3n) is 1.22. The summed E-state index contributed by atoms with van der Waals surface area (Å²) in [6.45, 7) is 0.648. The van der Waals surface area contributed by atoms with Crippen LogP contribution in [0.2, 0.25) is 5.15 Å². The average molecular weight is 173 g/mol. The van der Waals surface area contributed by atoms with Crippen molar-refractivity contribution in [3.8, 4) is 0 Å². The largest absolute Gasteiger partial charge is 0.384 e. The predicted molar refractivity (Wildman–Crippen MR) is 42.6 cm³/mol. The summed E-state index contributed by atoms with van der Waals surface area (Å²) in [5.74, 6) is 0. The van der Waals surface area contributed by atoms with E-state index in [1.165, 1.54) is 6.20 Å². The molecule has 0 N–H and O–H groups in total. The lowest BCUT2D eigenvalue weighted by atomic mass is 10.3. The SMILES string of the molecule is COCCc1cncc(Cl)n1. The molecule has 11 heavy (non-hydrogen) atoms. The van der Waals surface area contributed by atoms with Gasteiger partial charge >= 0.3 is 0 Å². The molecule has 0 spiro atoms. The van der Waals surface area contributed by atoms with E-state index in [1.54, 1.807) is 13.3 Å². The highest BCUT2D eigenvalue weighted by atomic mass is 35.5. The molecule has 0 saturated carbocycles. The van der Waals surface area contributed by atoms with Crippen molar-refractivity contribution in [2.45, 2.75) is 6.42 Å². The van der Waals surface area contributed by atoms with Gasteiger partial charge in [0.05, 0.1) is 18.5 Å². The Morgan fingerprint density at radius 1 is 1.55 bits per heavy atom. The van der Waals surface area contributed by atoms with Gasteiger partial charge in [-0.1, -0.05) is 11.6 Å². The Morgan fingerprint density at radius 2 is 2.36 bits per heavy atom. The van der Waals surface area contributed by atoms with Crippen LogP contribution in [0.4, 0.5) is 0 Å². The fourth-order valence-electron chi connectivity index (χ4n) is 0.707. The standard InChI is InChI=1S/C7H9ClN2O/c1-11-3-2-6-4-9-5-7(8)10-6/h4-5H,2-3H2,1H3. The molecule has 0 aliphatic carbocycles. The van der Waals surface area contributed by atoms with Gasteiger partial charge in [0.1, 0.15) is 5.15 Å². The summed E-state index contributed by atoms with van der Waals surface area (Å²) < 4.78 is 4.87. The fourth-order valence-corrected chi connectivity index (χ4v) is 0.872. The molecule has 0 radical (unpaired) electrons. The van der Waals surface area contributed by atoms with E-state index >= 15 is 0 Å². The van der Waals surface area contributed by atoms with E-state index in [1.807, 2.05) is 0 Å². The van der Waals surface area contributed by atoms with Crippen LogP contribution in [-0.4, -0.2) is 23.7 Å². The maximum absolute atomic E-state index is 5.61. The predicted octanol–water partition coefficient (Wildman–Crippen LogP) is 1.32. The molecule has 0 aliphatic rings. The average Bonchev–Trinajstić information content (AvgIpc) is 2.01. The molecule has 60 valence electrons. The molecule has 1 heterocycles. The highest BCUT2D eigenvalue weighted by molar-refractivity contribution is 6.29. The highest BCUT2D eigenvalue weighted by Gasteiger charge is 1.94. The smallest absolute Gasteiger partial charge is 0.147 e. The van der Waals surface area contributed by atoms with E-state index in [-0.39, 0.29) is 0 Å². The van der Waals surface area contributed by atoms with Gasteiger partial charge in [-0.05, 0) is 0 Å². The van der Waals surface area contributed by atoms with E-state index < -0.39 is 0 Å². The zero-order valence-corrected chi connectivity index (χ0v) is 7.01. The molecule has 0 fully saturated rings. The van der Waals surface area contributed by atoms with Crippen molar-refractivity contribution < 1.29 is 4.74 Å². The molecule has 0 bridgehead atoms. The molecule has 4 heteroatoms. The van der Waals surface area contributed by atoms with Crippen molar-refractivity contribution in [1.82, 2.24) is 9.97 Å². The van der Waals surface area contributed by atoms with Crippen LogP contribution in [0.15, 0.2) is 12.4 Å². The van der Waals surface area contributed by atoms with Crippen LogP contribution >= 0.6 is 11.6 Å². The lowest BCUT2D eigenvalue weighted by molar-refractivity contribution is 0.201. The molecular weight excluding hydrogens is 164 g/mol. The summed E-state index contributed by atoms with van der Waals surface area (Å²) in [5.41, 5.74) is 0.861. The van der Waals surface area contributed by atoms with Crippen molar-refractivity contribution in [2.75, 3.05) is 13.7 Å². The Hall–Kier alpha value is -0.670. The van der Waals surface area contributed by atoms with Gasteiger partial charge in [-0.3, -0.25) is 4.98 Å². The lowest BCUT2D eigenvalue weighted by Crippen LogP contribution is -1.97. The summed E-state index contributed by atoms with van der Waals surface area (Å²) in [6, 6.07) is 0. The van der Waals surface area contributed by atoms with Gasteiger partial charge in [0, 0.05) is 19.7 Å². The second kappa shape index (κ2) is 4.26. The summed E-state index contributed by atoms with van der Waals surface area (Å²) in [7, 11) is 1.65. The first kappa shape index (κ1) is 8.43. The maximum atomic E-state index is 5.61. The van der Waals surface area contributed by atoms with Crippen molar-refractivity contribution >= 4 is 11.6 Å². The molecule has 0 aliphatic heterocycles. The first-order valence-corrected chi connectivity index (χ1v) is 3.66. The normalized spacial score (nSPS) is 10.0. The summed E-state index contributed by atoms with van der Waals surface area (Å²) >= 11 is 5.61. The Balaban J connectivity index is 2.56. The molecule has 1 rings (SSSR count). The molecule has 0 aromatic carbocycles. The fraction of sp³-hybridized carbons (Fsp3) is 0.429. The zero-order chi connectivity index (χ0) is 8.10. The minimum atomic E-state index is 0.429. The molecule has 1 aromatic rings. The second-order valence-electron chi connectivity index (χ2n) is 2.08. The van der Waals surface area contributed by atoms with Crippen LogP contribution in [0.1, 0.15) is 5.69 Å². The zero-order valence-electron chi connectivity index (χ0n) is 6.25. The monoisotopic (exact) mass is 172 g/mol. The first-order valence-electron chi connectivity index (χ1n) is 3.28. The number of rotatable bonds is 3. The van der Waals surface area contributed by atoms with Crippen molar-refractivity contribution in [2.24, 2.45) is 0 Å². The molecule has 0 saturated heterocycles. The number of ether oxygens (including phenoxy) is 1. The number of nitrogens with zero attached hydrogens (tertiary/aromatic N) is 2. The van der Waals surface area contributed by atoms with E-state index in [0.29, 0.717) is 11.8 Å². The quantitative estimate of drug-likeness (QED) is 0.690. The topological polar surface area (TPSA) is 35.0 Å². The van der Waals surface area contributed by atoms with Crippen molar-refractivity contribution in [3.63, 3.8) is 0 Å². The van der Waals surface area contributed by atoms with Crippen LogP contribution < -0.4 is 0 Å². The van der Waals surface area contributed by atoms with Crippen LogP contribution in [0.5, 0.6) is 0 Å². The molecule has 3 nitrogen and oxygen atoms in total. The van der Waals surface area contributed by atoms with Gasteiger partial charge in [0.25, 0.3) is 0 Å². The summed E-state index contributed by atoms with van der Waals surface area (Å²) in [6.07, 6.45) is 3.95. The molecule has 1 aromatic heterocycles. The van der Waals surface area contributed by atoms with Gasteiger partial charge in [0.2, 0.25) is 0 Å². The van der Waals surface area contributed by atoms with Crippen LogP contribution in [-0.2, 0) is 11.2 Å². The summed E-state index contributed by atoms with van der Waals surface area (Å²) in [5, 5.41) is 0.429. The Kier molecular flexibility index (Phi) is 3.26. The number of halogens is 1. The minimum Gasteiger partial charge on any atom is -0.384 e. The van der Waals surface area contributed by atoms with E-state index in [9.17, 15) is 0 Å². The van der Waals surface area contributed by atoms with Crippen LogP contribution in [0.3, 0.4) is 0 Å². The minimum absolute atomic E-state index is 0.429. The van der Waals surface area contributed by atoms with Crippen molar-refractivity contribution in [1.29, 1.82) is 0 Å². The molecule has 0 atom stereocenters. The second-order valence-corrected chi connectivity index (χ2v) is 2.46. The molecule has 0 amide bonds. The highest BCUT2D eigenvalue weighted by Crippen LogP contribution is 2.02. The third-order valence-corrected chi connectivity index (χ3v) is 1.40. The maximum Gasteiger partial charge on any atom is 0.147 e. The number of methoxy groups -OCH3 is 1. The van der Waals surface area contributed by atoms with Gasteiger partial charge < -0.3 is 4.74 Å². The van der Waals surface area contributed by atoms with E-state index in [4.69, 9.17) is 16.3 Å². The lowest BCUT2D eigenvalue weighted by Gasteiger charge is -1.97. The van der Waals surface area contributed by atoms with Gasteiger partial charge in [-0.2, -0.15) is 0 Å². The van der Waals surface area contributed by atoms with Gasteiger partial charge in [-0.15, -0.1) is 0 Å².